The third-order valence-electron chi connectivity index (χ3n) is 9.99. The molecule has 2 atom stereocenters. The van der Waals surface area contributed by atoms with E-state index in [1.165, 1.54) is 97.0 Å². The molecule has 0 aliphatic heterocycles. The lowest BCUT2D eigenvalue weighted by Gasteiger charge is -2.42. The summed E-state index contributed by atoms with van der Waals surface area (Å²) in [6.45, 7) is 6.83. The highest BCUT2D eigenvalue weighted by Crippen LogP contribution is 2.58. The summed E-state index contributed by atoms with van der Waals surface area (Å²) in [4.78, 5) is 0. The Morgan fingerprint density at radius 2 is 1.37 bits per heavy atom. The van der Waals surface area contributed by atoms with Gasteiger partial charge in [0.1, 0.15) is 23.3 Å². The van der Waals surface area contributed by atoms with E-state index in [1.807, 2.05) is 0 Å². The average Bonchev–Trinajstić information content (AvgIpc) is 3.09. The van der Waals surface area contributed by atoms with Crippen LogP contribution in [0, 0.1) is 0 Å². The Labute approximate surface area is 281 Å². The molecule has 2 fully saturated rings. The fraction of sp³-hybridized carbons (Fsp3) is 0.463. The highest BCUT2D eigenvalue weighted by atomic mass is 32.2. The summed E-state index contributed by atoms with van der Waals surface area (Å²) in [5.41, 5.74) is 5.10. The van der Waals surface area contributed by atoms with E-state index in [-0.39, 0.29) is 10.8 Å². The first-order valence-electron chi connectivity index (χ1n) is 17.5. The van der Waals surface area contributed by atoms with Crippen LogP contribution in [0.4, 0.5) is 0 Å². The van der Waals surface area contributed by atoms with Crippen LogP contribution in [-0.2, 0) is 17.6 Å². The van der Waals surface area contributed by atoms with E-state index < -0.39 is 18.9 Å². The van der Waals surface area contributed by atoms with Gasteiger partial charge in [-0.3, -0.25) is 0 Å². The third-order valence-corrected chi connectivity index (χ3v) is 15.4. The maximum absolute atomic E-state index is 14.3. The predicted octanol–water partition coefficient (Wildman–Crippen LogP) is 10.7. The van der Waals surface area contributed by atoms with Crippen LogP contribution in [0.25, 0.3) is 10.8 Å². The topological polar surface area (TPSA) is 29.5 Å². The van der Waals surface area contributed by atoms with Crippen molar-refractivity contribution in [3.8, 4) is 5.75 Å². The number of nitrogens with zero attached hydrogens (tertiary/aromatic N) is 1. The summed E-state index contributed by atoms with van der Waals surface area (Å²) in [5, 5.41) is 3.90. The number of hydrogen-bond donors (Lipinski definition) is 0. The van der Waals surface area contributed by atoms with E-state index in [2.05, 4.69) is 123 Å². The van der Waals surface area contributed by atoms with Gasteiger partial charge in [-0.15, -0.1) is 0 Å². The minimum atomic E-state index is -1.22. The van der Waals surface area contributed by atoms with Crippen molar-refractivity contribution in [2.45, 2.75) is 114 Å². The highest BCUT2D eigenvalue weighted by Gasteiger charge is 2.39. The van der Waals surface area contributed by atoms with Crippen molar-refractivity contribution in [2.24, 2.45) is 0 Å². The van der Waals surface area contributed by atoms with Crippen molar-refractivity contribution in [1.82, 2.24) is 4.31 Å². The second kappa shape index (κ2) is 15.1. The molecule has 0 unspecified atom stereocenters. The first-order chi connectivity index (χ1) is 22.3. The van der Waals surface area contributed by atoms with Crippen LogP contribution in [0.5, 0.6) is 5.75 Å². The fourth-order valence-electron chi connectivity index (χ4n) is 7.76. The average molecular weight is 654 g/mol. The smallest absolute Gasteiger partial charge is 0.127 e. The number of benzene rings is 4. The monoisotopic (exact) mass is 653 g/mol. The van der Waals surface area contributed by atoms with Gasteiger partial charge in [0.25, 0.3) is 0 Å². The molecule has 0 heterocycles. The van der Waals surface area contributed by atoms with Gasteiger partial charge in [-0.25, -0.2) is 8.51 Å². The summed E-state index contributed by atoms with van der Waals surface area (Å²) in [5.74, 6) is 1.05. The minimum Gasteiger partial charge on any atom is -0.488 e. The molecule has 46 heavy (non-hydrogen) atoms. The third kappa shape index (κ3) is 7.61. The van der Waals surface area contributed by atoms with Crippen LogP contribution in [0.3, 0.4) is 0 Å². The quantitative estimate of drug-likeness (QED) is 0.159. The van der Waals surface area contributed by atoms with E-state index in [4.69, 9.17) is 4.74 Å². The van der Waals surface area contributed by atoms with Crippen LogP contribution >= 0.6 is 7.92 Å². The Bertz CT molecular complexity index is 1590. The zero-order chi connectivity index (χ0) is 32.1. The Morgan fingerprint density at radius 1 is 0.761 bits per heavy atom. The summed E-state index contributed by atoms with van der Waals surface area (Å²) >= 11 is 0. The van der Waals surface area contributed by atoms with Gasteiger partial charge in [-0.1, -0.05) is 125 Å². The maximum Gasteiger partial charge on any atom is 0.127 e. The van der Waals surface area contributed by atoms with E-state index >= 15 is 0 Å². The highest BCUT2D eigenvalue weighted by molar-refractivity contribution is 7.84. The van der Waals surface area contributed by atoms with Crippen LogP contribution in [0.2, 0.25) is 0 Å². The second-order valence-electron chi connectivity index (χ2n) is 14.4. The van der Waals surface area contributed by atoms with Crippen LogP contribution in [0.1, 0.15) is 108 Å². The molecule has 0 saturated heterocycles. The van der Waals surface area contributed by atoms with Crippen molar-refractivity contribution in [3.63, 3.8) is 0 Å². The molecule has 2 aliphatic rings. The van der Waals surface area contributed by atoms with Gasteiger partial charge in [0.15, 0.2) is 0 Å². The number of hydrogen-bond acceptors (Lipinski definition) is 2. The standard InChI is InChI=1S/C41H52NO2PS/c1-41(2,3)46(43)42(4)39(34-28-27-32-19-14-15-20-33(32)29-34)37-25-16-26-38(44-30-31-17-8-5-9-18-31)40(37)45(35-21-10-6-11-22-35)36-23-12-7-13-24-36/h5,8-9,14-20,25-29,35-36,39H,6-7,10-13,21-24,30H2,1-4H3/t39-,46-/m0/s1. The molecule has 244 valence electrons. The Kier molecular flexibility index (Phi) is 11.0. The number of fused-ring (bicyclic) bond motifs is 1. The molecule has 2 aliphatic carbocycles. The summed E-state index contributed by atoms with van der Waals surface area (Å²) < 4.78 is 23.0. The molecule has 0 amide bonds. The van der Waals surface area contributed by atoms with Crippen molar-refractivity contribution in [2.75, 3.05) is 7.05 Å². The Balaban J connectivity index is 1.56. The molecular formula is C41H52NO2PS. The van der Waals surface area contributed by atoms with E-state index in [1.54, 1.807) is 0 Å². The molecule has 0 bridgehead atoms. The lowest BCUT2D eigenvalue weighted by Crippen LogP contribution is -2.40. The van der Waals surface area contributed by atoms with Crippen LogP contribution in [0.15, 0.2) is 91.0 Å². The van der Waals surface area contributed by atoms with E-state index in [0.717, 1.165) is 5.75 Å². The van der Waals surface area contributed by atoms with Crippen molar-refractivity contribution < 1.29 is 8.95 Å². The first kappa shape index (κ1) is 33.4. The van der Waals surface area contributed by atoms with Crippen LogP contribution < -0.4 is 10.0 Å². The normalized spacial score (nSPS) is 18.2. The molecule has 0 spiro atoms. The van der Waals surface area contributed by atoms with Gasteiger partial charge in [0.2, 0.25) is 0 Å². The van der Waals surface area contributed by atoms with Gasteiger partial charge < -0.3 is 4.74 Å². The largest absolute Gasteiger partial charge is 0.488 e. The summed E-state index contributed by atoms with van der Waals surface area (Å²) in [7, 11) is 0.363. The molecule has 0 N–H and O–H groups in total. The second-order valence-corrected chi connectivity index (χ2v) is 19.4. The van der Waals surface area contributed by atoms with Crippen molar-refractivity contribution >= 4 is 35.0 Å². The van der Waals surface area contributed by atoms with Gasteiger partial charge in [0.05, 0.1) is 10.8 Å². The molecule has 4 aromatic rings. The molecular weight excluding hydrogens is 601 g/mol. The Hall–Kier alpha value is -2.52. The molecule has 6 rings (SSSR count). The van der Waals surface area contributed by atoms with E-state index in [0.29, 0.717) is 17.9 Å². The summed E-state index contributed by atoms with van der Waals surface area (Å²) in [6, 6.07) is 32.7. The van der Waals surface area contributed by atoms with Gasteiger partial charge in [-0.05, 0) is 97.4 Å². The zero-order valence-corrected chi connectivity index (χ0v) is 30.0. The lowest BCUT2D eigenvalue weighted by molar-refractivity contribution is 0.308. The van der Waals surface area contributed by atoms with Gasteiger partial charge in [0, 0.05) is 12.4 Å². The lowest BCUT2D eigenvalue weighted by atomic mass is 9.96. The zero-order valence-electron chi connectivity index (χ0n) is 28.3. The maximum atomic E-state index is 14.3. The number of rotatable bonds is 10. The summed E-state index contributed by atoms with van der Waals surface area (Å²) in [6.07, 6.45) is 13.3. The van der Waals surface area contributed by atoms with Gasteiger partial charge in [-0.2, -0.15) is 0 Å². The molecule has 3 nitrogen and oxygen atoms in total. The molecule has 4 aromatic carbocycles. The molecule has 0 radical (unpaired) electrons. The predicted molar refractivity (Wildman–Crippen MR) is 199 cm³/mol. The molecule has 5 heteroatoms. The van der Waals surface area contributed by atoms with Crippen LogP contribution in [-0.4, -0.2) is 31.6 Å². The van der Waals surface area contributed by atoms with Gasteiger partial charge >= 0.3 is 0 Å². The van der Waals surface area contributed by atoms with E-state index in [9.17, 15) is 4.21 Å². The first-order valence-corrected chi connectivity index (χ1v) is 20.1. The SMILES string of the molecule is CN([C@@H](c1ccc2ccccc2c1)c1cccc(OCc2ccccc2)c1P(C1CCCCC1)C1CCCCC1)[S@@](=O)C(C)(C)C. The van der Waals surface area contributed by atoms with Crippen molar-refractivity contribution in [3.05, 3.63) is 108 Å². The minimum absolute atomic E-state index is 0.155. The Morgan fingerprint density at radius 3 is 2.00 bits per heavy atom. The fourth-order valence-corrected chi connectivity index (χ4v) is 13.1. The molecule has 0 aromatic heterocycles. The number of ether oxygens (including phenoxy) is 1. The van der Waals surface area contributed by atoms with Crippen molar-refractivity contribution in [1.29, 1.82) is 0 Å². The molecule has 2 saturated carbocycles.